The zero-order chi connectivity index (χ0) is 22.3. The van der Waals surface area contributed by atoms with Crippen LogP contribution in [0.1, 0.15) is 56.5 Å². The Hall–Kier alpha value is -3.23. The number of anilines is 1. The highest BCUT2D eigenvalue weighted by Crippen LogP contribution is 2.19. The van der Waals surface area contributed by atoms with Crippen molar-refractivity contribution >= 4 is 23.6 Å². The molecule has 0 saturated carbocycles. The van der Waals surface area contributed by atoms with E-state index in [0.717, 1.165) is 11.1 Å². The molecular weight excluding hydrogens is 388 g/mol. The number of amides is 3. The first kappa shape index (κ1) is 23.1. The van der Waals surface area contributed by atoms with Gasteiger partial charge in [-0.2, -0.15) is 4.98 Å². The second-order valence-corrected chi connectivity index (χ2v) is 8.10. The van der Waals surface area contributed by atoms with Crippen LogP contribution in [0.3, 0.4) is 0 Å². The summed E-state index contributed by atoms with van der Waals surface area (Å²) in [5.41, 5.74) is 2.33. The van der Waals surface area contributed by atoms with Crippen molar-refractivity contribution in [1.29, 1.82) is 0 Å². The normalized spacial score (nSPS) is 11.1. The number of nitrogens with one attached hydrogen (secondary N) is 2. The third kappa shape index (κ3) is 7.31. The van der Waals surface area contributed by atoms with Crippen molar-refractivity contribution in [3.8, 4) is 0 Å². The molecule has 0 aliphatic carbocycles. The molecule has 0 aliphatic rings. The monoisotopic (exact) mass is 416 g/mol. The van der Waals surface area contributed by atoms with E-state index in [9.17, 15) is 14.4 Å². The van der Waals surface area contributed by atoms with Crippen LogP contribution in [-0.4, -0.2) is 34.7 Å². The molecule has 0 saturated heterocycles. The van der Waals surface area contributed by atoms with Gasteiger partial charge in [0.15, 0.2) is 12.4 Å². The van der Waals surface area contributed by atoms with Crippen LogP contribution in [0.2, 0.25) is 0 Å². The molecule has 162 valence electrons. The third-order valence-electron chi connectivity index (χ3n) is 4.16. The van der Waals surface area contributed by atoms with Crippen LogP contribution in [0.4, 0.5) is 10.5 Å². The molecule has 1 aromatic heterocycles. The zero-order valence-electron chi connectivity index (χ0n) is 18.0. The number of hydrogen-bond acceptors (Lipinski definition) is 7. The van der Waals surface area contributed by atoms with Gasteiger partial charge in [0.05, 0.1) is 0 Å². The second kappa shape index (κ2) is 10.00. The number of aryl methyl sites for hydroxylation is 3. The summed E-state index contributed by atoms with van der Waals surface area (Å²) >= 11 is 0. The fourth-order valence-electron chi connectivity index (χ4n) is 2.53. The first-order valence-electron chi connectivity index (χ1n) is 9.71. The van der Waals surface area contributed by atoms with E-state index in [2.05, 4.69) is 20.8 Å². The molecule has 2 rings (SSSR count). The van der Waals surface area contributed by atoms with E-state index in [1.165, 1.54) is 0 Å². The summed E-state index contributed by atoms with van der Waals surface area (Å²) in [5, 5.41) is 8.63. The Morgan fingerprint density at radius 1 is 1.17 bits per heavy atom. The van der Waals surface area contributed by atoms with Crippen molar-refractivity contribution in [2.24, 2.45) is 0 Å². The van der Waals surface area contributed by atoms with Crippen LogP contribution in [0.25, 0.3) is 0 Å². The minimum atomic E-state index is -0.711. The van der Waals surface area contributed by atoms with Crippen molar-refractivity contribution in [3.05, 3.63) is 41.0 Å². The summed E-state index contributed by atoms with van der Waals surface area (Å²) < 4.78 is 10.1. The molecule has 2 N–H and O–H groups in total. The van der Waals surface area contributed by atoms with Gasteiger partial charge in [-0.15, -0.1) is 0 Å². The van der Waals surface area contributed by atoms with Crippen LogP contribution in [0, 0.1) is 13.8 Å². The number of nitrogens with zero attached hydrogens (tertiary/aromatic N) is 2. The van der Waals surface area contributed by atoms with E-state index in [-0.39, 0.29) is 11.8 Å². The van der Waals surface area contributed by atoms with Crippen molar-refractivity contribution in [3.63, 3.8) is 0 Å². The number of esters is 1. The lowest BCUT2D eigenvalue weighted by Gasteiger charge is -2.10. The maximum Gasteiger partial charge on any atom is 0.325 e. The van der Waals surface area contributed by atoms with Gasteiger partial charge >= 0.3 is 12.0 Å². The molecule has 0 aliphatic heterocycles. The number of aromatic nitrogens is 2. The summed E-state index contributed by atoms with van der Waals surface area (Å²) in [7, 11) is 0. The summed E-state index contributed by atoms with van der Waals surface area (Å²) in [6.07, 6.45) is 0.970. The van der Waals surface area contributed by atoms with E-state index >= 15 is 0 Å². The molecule has 0 unspecified atom stereocenters. The van der Waals surface area contributed by atoms with Gasteiger partial charge < -0.3 is 14.6 Å². The highest BCUT2D eigenvalue weighted by Gasteiger charge is 2.21. The average molecular weight is 416 g/mol. The predicted octanol–water partition coefficient (Wildman–Crippen LogP) is 3.20. The second-order valence-electron chi connectivity index (χ2n) is 8.10. The number of rotatable bonds is 7. The lowest BCUT2D eigenvalue weighted by molar-refractivity contribution is -0.148. The highest BCUT2D eigenvalue weighted by molar-refractivity contribution is 6.02. The Morgan fingerprint density at radius 2 is 1.90 bits per heavy atom. The maximum absolute atomic E-state index is 11.9. The minimum absolute atomic E-state index is 0.0925. The molecule has 3 amide bonds. The number of ether oxygens (including phenoxy) is 1. The minimum Gasteiger partial charge on any atom is -0.456 e. The van der Waals surface area contributed by atoms with Crippen molar-refractivity contribution in [1.82, 2.24) is 15.5 Å². The molecule has 1 heterocycles. The molecule has 30 heavy (non-hydrogen) atoms. The largest absolute Gasteiger partial charge is 0.456 e. The molecule has 0 radical (unpaired) electrons. The number of hydrogen-bond donors (Lipinski definition) is 2. The van der Waals surface area contributed by atoms with E-state index in [4.69, 9.17) is 9.26 Å². The van der Waals surface area contributed by atoms with Gasteiger partial charge in [-0.05, 0) is 31.9 Å². The van der Waals surface area contributed by atoms with Crippen LogP contribution in [-0.2, 0) is 26.2 Å². The van der Waals surface area contributed by atoms with Crippen molar-refractivity contribution < 1.29 is 23.6 Å². The topological polar surface area (TPSA) is 123 Å². The van der Waals surface area contributed by atoms with Crippen LogP contribution < -0.4 is 10.6 Å². The Morgan fingerprint density at radius 3 is 2.53 bits per heavy atom. The molecule has 0 spiro atoms. The first-order valence-corrected chi connectivity index (χ1v) is 9.71. The summed E-state index contributed by atoms with van der Waals surface area (Å²) in [6.45, 7) is 9.20. The highest BCUT2D eigenvalue weighted by atomic mass is 16.5. The summed E-state index contributed by atoms with van der Waals surface area (Å²) in [6, 6.07) is 4.83. The smallest absolute Gasteiger partial charge is 0.325 e. The zero-order valence-corrected chi connectivity index (χ0v) is 18.0. The van der Waals surface area contributed by atoms with E-state index in [1.807, 2.05) is 46.8 Å². The predicted molar refractivity (Wildman–Crippen MR) is 110 cm³/mol. The molecule has 0 bridgehead atoms. The van der Waals surface area contributed by atoms with Gasteiger partial charge in [0.25, 0.3) is 5.91 Å². The van der Waals surface area contributed by atoms with Gasteiger partial charge in [-0.3, -0.25) is 14.9 Å². The molecule has 0 fully saturated rings. The standard InChI is InChI=1S/C21H28N4O5/c1-13-9-10-15(14(2)11-13)22-20(28)23-16(26)12-29-18(27)8-6-7-17-24-19(25-30-17)21(3,4)5/h9-11H,6-8,12H2,1-5H3,(H2,22,23,26,28). The van der Waals surface area contributed by atoms with Crippen LogP contribution in [0.5, 0.6) is 0 Å². The van der Waals surface area contributed by atoms with E-state index in [1.54, 1.807) is 6.07 Å². The number of imide groups is 1. The fourth-order valence-corrected chi connectivity index (χ4v) is 2.53. The lowest BCUT2D eigenvalue weighted by atomic mass is 9.96. The van der Waals surface area contributed by atoms with Crippen LogP contribution >= 0.6 is 0 Å². The molecule has 9 heteroatoms. The average Bonchev–Trinajstić information content (AvgIpc) is 3.12. The van der Waals surface area contributed by atoms with E-state index < -0.39 is 24.5 Å². The summed E-state index contributed by atoms with van der Waals surface area (Å²) in [4.78, 5) is 39.8. The van der Waals surface area contributed by atoms with Gasteiger partial charge in [0.1, 0.15) is 0 Å². The van der Waals surface area contributed by atoms with Gasteiger partial charge in [0.2, 0.25) is 5.89 Å². The molecule has 2 aromatic rings. The molecule has 0 atom stereocenters. The Labute approximate surface area is 175 Å². The molecule has 9 nitrogen and oxygen atoms in total. The van der Waals surface area contributed by atoms with E-state index in [0.29, 0.717) is 30.2 Å². The SMILES string of the molecule is Cc1ccc(NC(=O)NC(=O)COC(=O)CCCc2nc(C(C)(C)C)no2)c(C)c1. The number of urea groups is 1. The van der Waals surface area contributed by atoms with Gasteiger partial charge in [0, 0.05) is 23.9 Å². The number of carbonyl (C=O) groups is 3. The summed E-state index contributed by atoms with van der Waals surface area (Å²) in [5.74, 6) is -0.197. The first-order chi connectivity index (χ1) is 14.0. The molecular formula is C21H28N4O5. The third-order valence-corrected chi connectivity index (χ3v) is 4.16. The maximum atomic E-state index is 11.9. The van der Waals surface area contributed by atoms with Crippen molar-refractivity contribution in [2.75, 3.05) is 11.9 Å². The molecule has 1 aromatic carbocycles. The Balaban J connectivity index is 1.67. The van der Waals surface area contributed by atoms with Crippen molar-refractivity contribution in [2.45, 2.75) is 59.3 Å². The van der Waals surface area contributed by atoms with Gasteiger partial charge in [-0.25, -0.2) is 4.79 Å². The number of carbonyl (C=O) groups excluding carboxylic acids is 3. The van der Waals surface area contributed by atoms with Gasteiger partial charge in [-0.1, -0.05) is 43.6 Å². The lowest BCUT2D eigenvalue weighted by Crippen LogP contribution is -2.37. The number of benzene rings is 1. The Kier molecular flexibility index (Phi) is 7.68. The fraction of sp³-hybridized carbons (Fsp3) is 0.476. The quantitative estimate of drug-likeness (QED) is 0.664. The van der Waals surface area contributed by atoms with Crippen LogP contribution in [0.15, 0.2) is 22.7 Å². The Bertz CT molecular complexity index is 914.